The topological polar surface area (TPSA) is 38.3 Å². The molecule has 0 radical (unpaired) electrons. The predicted octanol–water partition coefficient (Wildman–Crippen LogP) is 5.10. The SMILES string of the molecule is COc1ccc(Br)c(C(=O)NC(c2ccsc2)c2cccs2)c1. The Kier molecular flexibility index (Phi) is 5.15. The molecule has 1 amide bonds. The third-order valence-corrected chi connectivity index (χ3v) is 5.73. The summed E-state index contributed by atoms with van der Waals surface area (Å²) in [6.07, 6.45) is 0. The number of hydrogen-bond acceptors (Lipinski definition) is 4. The molecule has 118 valence electrons. The minimum atomic E-state index is -0.146. The zero-order chi connectivity index (χ0) is 16.2. The summed E-state index contributed by atoms with van der Waals surface area (Å²) in [5.41, 5.74) is 1.64. The molecule has 3 nitrogen and oxygen atoms in total. The summed E-state index contributed by atoms with van der Waals surface area (Å²) >= 11 is 6.69. The second kappa shape index (κ2) is 7.29. The number of amides is 1. The van der Waals surface area contributed by atoms with E-state index in [4.69, 9.17) is 4.74 Å². The van der Waals surface area contributed by atoms with Gasteiger partial charge >= 0.3 is 0 Å². The highest BCUT2D eigenvalue weighted by Crippen LogP contribution is 2.29. The Morgan fingerprint density at radius 3 is 2.78 bits per heavy atom. The van der Waals surface area contributed by atoms with Gasteiger partial charge in [0.1, 0.15) is 5.75 Å². The number of thiophene rings is 2. The highest BCUT2D eigenvalue weighted by atomic mass is 79.9. The van der Waals surface area contributed by atoms with Gasteiger partial charge < -0.3 is 10.1 Å². The fraction of sp³-hybridized carbons (Fsp3) is 0.118. The first-order valence-electron chi connectivity index (χ1n) is 6.89. The van der Waals surface area contributed by atoms with Crippen LogP contribution in [0.3, 0.4) is 0 Å². The summed E-state index contributed by atoms with van der Waals surface area (Å²) in [7, 11) is 1.59. The molecule has 1 N–H and O–H groups in total. The average molecular weight is 408 g/mol. The molecule has 0 aliphatic rings. The van der Waals surface area contributed by atoms with Gasteiger partial charge in [-0.15, -0.1) is 11.3 Å². The first-order chi connectivity index (χ1) is 11.2. The Bertz CT molecular complexity index is 751. The number of hydrogen-bond donors (Lipinski definition) is 1. The lowest BCUT2D eigenvalue weighted by molar-refractivity contribution is 0.0942. The Hall–Kier alpha value is -1.63. The van der Waals surface area contributed by atoms with Crippen LogP contribution in [0.2, 0.25) is 0 Å². The number of rotatable bonds is 5. The molecule has 0 saturated heterocycles. The summed E-state index contributed by atoms with van der Waals surface area (Å²) in [4.78, 5) is 13.9. The van der Waals surface area contributed by atoms with E-state index in [2.05, 4.69) is 26.6 Å². The molecular formula is C17H14BrNO2S2. The first kappa shape index (κ1) is 16.2. The van der Waals surface area contributed by atoms with Gasteiger partial charge in [0.15, 0.2) is 0 Å². The van der Waals surface area contributed by atoms with Crippen LogP contribution in [0.4, 0.5) is 0 Å². The second-order valence-electron chi connectivity index (χ2n) is 4.82. The Balaban J connectivity index is 1.90. The fourth-order valence-electron chi connectivity index (χ4n) is 2.23. The zero-order valence-electron chi connectivity index (χ0n) is 12.3. The number of carbonyl (C=O) groups is 1. The van der Waals surface area contributed by atoms with Gasteiger partial charge in [-0.05, 0) is 68.0 Å². The molecule has 0 bridgehead atoms. The van der Waals surface area contributed by atoms with Crippen molar-refractivity contribution in [3.05, 3.63) is 73.0 Å². The molecule has 6 heteroatoms. The van der Waals surface area contributed by atoms with E-state index in [0.717, 1.165) is 14.9 Å². The smallest absolute Gasteiger partial charge is 0.253 e. The van der Waals surface area contributed by atoms with Crippen molar-refractivity contribution in [1.29, 1.82) is 0 Å². The average Bonchev–Trinajstić information content (AvgIpc) is 3.26. The maximum absolute atomic E-state index is 12.7. The largest absolute Gasteiger partial charge is 0.497 e. The van der Waals surface area contributed by atoms with Crippen LogP contribution in [-0.4, -0.2) is 13.0 Å². The van der Waals surface area contributed by atoms with Gasteiger partial charge in [0.25, 0.3) is 5.91 Å². The molecule has 0 aliphatic heterocycles. The van der Waals surface area contributed by atoms with E-state index in [1.54, 1.807) is 35.8 Å². The standard InChI is InChI=1S/C17H14BrNO2S2/c1-21-12-4-5-14(18)13(9-12)17(20)19-16(11-6-8-22-10-11)15-3-2-7-23-15/h2-10,16H,1H3,(H,19,20). The molecule has 3 rings (SSSR count). The maximum atomic E-state index is 12.7. The molecule has 3 aromatic rings. The van der Waals surface area contributed by atoms with Crippen molar-refractivity contribution < 1.29 is 9.53 Å². The van der Waals surface area contributed by atoms with Crippen molar-refractivity contribution in [3.63, 3.8) is 0 Å². The maximum Gasteiger partial charge on any atom is 0.253 e. The van der Waals surface area contributed by atoms with E-state index in [-0.39, 0.29) is 11.9 Å². The van der Waals surface area contributed by atoms with Crippen molar-refractivity contribution in [2.24, 2.45) is 0 Å². The molecule has 0 fully saturated rings. The number of benzene rings is 1. The molecule has 1 atom stereocenters. The highest BCUT2D eigenvalue weighted by molar-refractivity contribution is 9.10. The molecule has 1 unspecified atom stereocenters. The van der Waals surface area contributed by atoms with Gasteiger partial charge in [0, 0.05) is 9.35 Å². The summed E-state index contributed by atoms with van der Waals surface area (Å²) in [6.45, 7) is 0. The molecule has 0 spiro atoms. The van der Waals surface area contributed by atoms with Gasteiger partial charge in [-0.3, -0.25) is 4.79 Å². The lowest BCUT2D eigenvalue weighted by Gasteiger charge is -2.17. The minimum absolute atomic E-state index is 0.139. The van der Waals surface area contributed by atoms with Gasteiger partial charge in [0.05, 0.1) is 18.7 Å². The Labute approximate surface area is 151 Å². The van der Waals surface area contributed by atoms with Crippen LogP contribution < -0.4 is 10.1 Å². The molecular weight excluding hydrogens is 394 g/mol. The monoisotopic (exact) mass is 407 g/mol. The lowest BCUT2D eigenvalue weighted by atomic mass is 10.1. The molecule has 0 aliphatic carbocycles. The van der Waals surface area contributed by atoms with Crippen molar-refractivity contribution in [2.45, 2.75) is 6.04 Å². The van der Waals surface area contributed by atoms with E-state index in [9.17, 15) is 4.79 Å². The number of carbonyl (C=O) groups excluding carboxylic acids is 1. The molecule has 23 heavy (non-hydrogen) atoms. The van der Waals surface area contributed by atoms with Gasteiger partial charge in [0.2, 0.25) is 0 Å². The number of methoxy groups -OCH3 is 1. The van der Waals surface area contributed by atoms with Crippen LogP contribution in [0.25, 0.3) is 0 Å². The van der Waals surface area contributed by atoms with Crippen LogP contribution in [0.1, 0.15) is 26.8 Å². The van der Waals surface area contributed by atoms with E-state index in [1.807, 2.05) is 41.1 Å². The third kappa shape index (κ3) is 3.65. The first-order valence-corrected chi connectivity index (χ1v) is 9.50. The van der Waals surface area contributed by atoms with Crippen LogP contribution in [0, 0.1) is 0 Å². The third-order valence-electron chi connectivity index (χ3n) is 3.40. The van der Waals surface area contributed by atoms with E-state index in [1.165, 1.54) is 0 Å². The lowest BCUT2D eigenvalue weighted by Crippen LogP contribution is -2.28. The van der Waals surface area contributed by atoms with Crippen LogP contribution in [0.15, 0.2) is 57.0 Å². The van der Waals surface area contributed by atoms with Crippen LogP contribution in [-0.2, 0) is 0 Å². The van der Waals surface area contributed by atoms with Gasteiger partial charge in [-0.25, -0.2) is 0 Å². The van der Waals surface area contributed by atoms with E-state index >= 15 is 0 Å². The number of nitrogens with one attached hydrogen (secondary N) is 1. The van der Waals surface area contributed by atoms with Crippen LogP contribution >= 0.6 is 38.6 Å². The molecule has 0 saturated carbocycles. The quantitative estimate of drug-likeness (QED) is 0.638. The second-order valence-corrected chi connectivity index (χ2v) is 7.44. The van der Waals surface area contributed by atoms with E-state index < -0.39 is 0 Å². The summed E-state index contributed by atoms with van der Waals surface area (Å²) < 4.78 is 5.95. The number of ether oxygens (including phenoxy) is 1. The van der Waals surface area contributed by atoms with Crippen LogP contribution in [0.5, 0.6) is 5.75 Å². The van der Waals surface area contributed by atoms with Crippen molar-refractivity contribution >= 4 is 44.5 Å². The van der Waals surface area contributed by atoms with Gasteiger partial charge in [-0.2, -0.15) is 11.3 Å². The molecule has 2 aromatic heterocycles. The molecule has 1 aromatic carbocycles. The summed E-state index contributed by atoms with van der Waals surface area (Å²) in [5, 5.41) is 9.22. The number of halogens is 1. The van der Waals surface area contributed by atoms with Gasteiger partial charge in [-0.1, -0.05) is 6.07 Å². The highest BCUT2D eigenvalue weighted by Gasteiger charge is 2.20. The van der Waals surface area contributed by atoms with Crippen molar-refractivity contribution in [2.75, 3.05) is 7.11 Å². The zero-order valence-corrected chi connectivity index (χ0v) is 15.5. The predicted molar refractivity (Wildman–Crippen MR) is 98.6 cm³/mol. The Morgan fingerprint density at radius 1 is 1.26 bits per heavy atom. The summed E-state index contributed by atoms with van der Waals surface area (Å²) in [6, 6.07) is 11.3. The Morgan fingerprint density at radius 2 is 2.13 bits per heavy atom. The normalized spacial score (nSPS) is 11.9. The van der Waals surface area contributed by atoms with Crippen molar-refractivity contribution in [3.8, 4) is 5.75 Å². The van der Waals surface area contributed by atoms with E-state index in [0.29, 0.717) is 11.3 Å². The fourth-order valence-corrected chi connectivity index (χ4v) is 4.14. The minimum Gasteiger partial charge on any atom is -0.497 e. The molecule has 2 heterocycles. The van der Waals surface area contributed by atoms with Crippen molar-refractivity contribution in [1.82, 2.24) is 5.32 Å². The summed E-state index contributed by atoms with van der Waals surface area (Å²) in [5.74, 6) is 0.516.